The van der Waals surface area contributed by atoms with Gasteiger partial charge in [-0.3, -0.25) is 0 Å². The number of nitrogens with zero attached hydrogens (tertiary/aromatic N) is 2. The van der Waals surface area contributed by atoms with E-state index in [0.717, 1.165) is 24.2 Å². The van der Waals surface area contributed by atoms with Gasteiger partial charge in [-0.1, -0.05) is 17.7 Å². The molecule has 1 atom stereocenters. The van der Waals surface area contributed by atoms with Gasteiger partial charge in [0.05, 0.1) is 17.1 Å². The van der Waals surface area contributed by atoms with E-state index in [0.29, 0.717) is 0 Å². The van der Waals surface area contributed by atoms with Crippen LogP contribution in [-0.4, -0.2) is 9.78 Å². The third-order valence-corrected chi connectivity index (χ3v) is 3.80. The summed E-state index contributed by atoms with van der Waals surface area (Å²) in [4.78, 5) is 0. The molecule has 1 heterocycles. The van der Waals surface area contributed by atoms with Crippen LogP contribution in [0.3, 0.4) is 0 Å². The Hall–Kier alpha value is -1.61. The molecule has 0 saturated carbocycles. The van der Waals surface area contributed by atoms with Crippen LogP contribution in [-0.2, 0) is 6.42 Å². The standard InChI is InChI=1S/C15H19N3/c1-10-6-8-12(9-7-10)18-15-13(11(2)17-18)4-3-5-14(15)16/h6-9,14H,3-5,16H2,1-2H3. The van der Waals surface area contributed by atoms with Crippen molar-refractivity contribution in [2.45, 2.75) is 39.2 Å². The lowest BCUT2D eigenvalue weighted by molar-refractivity contribution is 0.542. The number of aromatic nitrogens is 2. The van der Waals surface area contributed by atoms with Crippen molar-refractivity contribution >= 4 is 0 Å². The van der Waals surface area contributed by atoms with Gasteiger partial charge >= 0.3 is 0 Å². The molecule has 0 bridgehead atoms. The summed E-state index contributed by atoms with van der Waals surface area (Å²) in [5.74, 6) is 0. The predicted molar refractivity (Wildman–Crippen MR) is 72.9 cm³/mol. The van der Waals surface area contributed by atoms with Crippen LogP contribution in [0.15, 0.2) is 24.3 Å². The van der Waals surface area contributed by atoms with Gasteiger partial charge in [0.25, 0.3) is 0 Å². The first-order valence-electron chi connectivity index (χ1n) is 6.58. The average Bonchev–Trinajstić information content (AvgIpc) is 2.70. The van der Waals surface area contributed by atoms with Gasteiger partial charge in [0, 0.05) is 6.04 Å². The second-order valence-electron chi connectivity index (χ2n) is 5.20. The van der Waals surface area contributed by atoms with E-state index >= 15 is 0 Å². The number of nitrogens with two attached hydrogens (primary N) is 1. The minimum absolute atomic E-state index is 0.122. The molecule has 3 rings (SSSR count). The Morgan fingerprint density at radius 1 is 1.22 bits per heavy atom. The van der Waals surface area contributed by atoms with Crippen LogP contribution in [0.1, 0.15) is 41.4 Å². The van der Waals surface area contributed by atoms with Crippen molar-refractivity contribution in [3.05, 3.63) is 46.8 Å². The largest absolute Gasteiger partial charge is 0.323 e. The van der Waals surface area contributed by atoms with E-state index in [1.54, 1.807) is 0 Å². The Labute approximate surface area is 108 Å². The fourth-order valence-corrected chi connectivity index (χ4v) is 2.79. The van der Waals surface area contributed by atoms with Crippen molar-refractivity contribution in [3.63, 3.8) is 0 Å². The predicted octanol–water partition coefficient (Wildman–Crippen LogP) is 2.83. The maximum absolute atomic E-state index is 6.27. The third-order valence-electron chi connectivity index (χ3n) is 3.80. The van der Waals surface area contributed by atoms with Gasteiger partial charge in [0.1, 0.15) is 0 Å². The number of fused-ring (bicyclic) bond motifs is 1. The summed E-state index contributed by atoms with van der Waals surface area (Å²) in [6.07, 6.45) is 3.35. The summed E-state index contributed by atoms with van der Waals surface area (Å²) in [7, 11) is 0. The highest BCUT2D eigenvalue weighted by molar-refractivity contribution is 5.41. The number of hydrogen-bond acceptors (Lipinski definition) is 2. The quantitative estimate of drug-likeness (QED) is 0.834. The highest BCUT2D eigenvalue weighted by Gasteiger charge is 2.25. The molecule has 1 aromatic heterocycles. The molecule has 1 aliphatic rings. The maximum atomic E-state index is 6.27. The maximum Gasteiger partial charge on any atom is 0.0649 e. The van der Waals surface area contributed by atoms with E-state index in [4.69, 9.17) is 5.73 Å². The molecular formula is C15H19N3. The number of rotatable bonds is 1. The minimum Gasteiger partial charge on any atom is -0.323 e. The molecule has 1 aromatic carbocycles. The number of hydrogen-bond donors (Lipinski definition) is 1. The Morgan fingerprint density at radius 3 is 2.67 bits per heavy atom. The van der Waals surface area contributed by atoms with Gasteiger partial charge in [-0.15, -0.1) is 0 Å². The lowest BCUT2D eigenvalue weighted by Crippen LogP contribution is -2.20. The van der Waals surface area contributed by atoms with Crippen molar-refractivity contribution in [2.24, 2.45) is 5.73 Å². The zero-order valence-corrected chi connectivity index (χ0v) is 11.0. The molecule has 0 radical (unpaired) electrons. The summed E-state index contributed by atoms with van der Waals surface area (Å²) in [5, 5.41) is 4.68. The highest BCUT2D eigenvalue weighted by atomic mass is 15.3. The molecule has 3 heteroatoms. The molecular weight excluding hydrogens is 222 g/mol. The Bertz CT molecular complexity index is 566. The van der Waals surface area contributed by atoms with Crippen molar-refractivity contribution in [3.8, 4) is 5.69 Å². The first-order chi connectivity index (χ1) is 8.66. The van der Waals surface area contributed by atoms with Crippen molar-refractivity contribution < 1.29 is 0 Å². The van der Waals surface area contributed by atoms with Crippen LogP contribution in [0.25, 0.3) is 5.69 Å². The molecule has 94 valence electrons. The first-order valence-corrected chi connectivity index (χ1v) is 6.58. The molecule has 0 aliphatic heterocycles. The van der Waals surface area contributed by atoms with Crippen LogP contribution >= 0.6 is 0 Å². The van der Waals surface area contributed by atoms with Crippen LogP contribution in [0, 0.1) is 13.8 Å². The van der Waals surface area contributed by atoms with Crippen LogP contribution in [0.2, 0.25) is 0 Å². The lowest BCUT2D eigenvalue weighted by atomic mass is 9.92. The van der Waals surface area contributed by atoms with E-state index in [9.17, 15) is 0 Å². The first kappa shape index (κ1) is 11.5. The third kappa shape index (κ3) is 1.75. The van der Waals surface area contributed by atoms with E-state index in [2.05, 4.69) is 43.2 Å². The SMILES string of the molecule is Cc1ccc(-n2nc(C)c3c2C(N)CCC3)cc1. The second-order valence-corrected chi connectivity index (χ2v) is 5.20. The topological polar surface area (TPSA) is 43.8 Å². The van der Waals surface area contributed by atoms with E-state index in [1.165, 1.54) is 23.2 Å². The van der Waals surface area contributed by atoms with Crippen LogP contribution in [0.4, 0.5) is 0 Å². The van der Waals surface area contributed by atoms with Crippen molar-refractivity contribution in [1.29, 1.82) is 0 Å². The minimum atomic E-state index is 0.122. The summed E-state index contributed by atoms with van der Waals surface area (Å²) < 4.78 is 2.04. The van der Waals surface area contributed by atoms with Gasteiger partial charge in [-0.05, 0) is 50.8 Å². The molecule has 2 aromatic rings. The summed E-state index contributed by atoms with van der Waals surface area (Å²) >= 11 is 0. The van der Waals surface area contributed by atoms with Gasteiger partial charge in [-0.2, -0.15) is 5.10 Å². The van der Waals surface area contributed by atoms with E-state index in [-0.39, 0.29) is 6.04 Å². The molecule has 1 unspecified atom stereocenters. The zero-order valence-electron chi connectivity index (χ0n) is 11.0. The van der Waals surface area contributed by atoms with Gasteiger partial charge in [0.15, 0.2) is 0 Å². The Morgan fingerprint density at radius 2 is 1.94 bits per heavy atom. The molecule has 0 spiro atoms. The van der Waals surface area contributed by atoms with Gasteiger partial charge in [-0.25, -0.2) is 4.68 Å². The summed E-state index contributed by atoms with van der Waals surface area (Å²) in [5.41, 5.74) is 12.3. The van der Waals surface area contributed by atoms with Crippen LogP contribution in [0.5, 0.6) is 0 Å². The smallest absolute Gasteiger partial charge is 0.0649 e. The molecule has 0 amide bonds. The molecule has 18 heavy (non-hydrogen) atoms. The molecule has 3 nitrogen and oxygen atoms in total. The summed E-state index contributed by atoms with van der Waals surface area (Å²) in [6.45, 7) is 4.18. The normalized spacial score (nSPS) is 18.7. The molecule has 0 fully saturated rings. The monoisotopic (exact) mass is 241 g/mol. The average molecular weight is 241 g/mol. The Balaban J connectivity index is 2.15. The fourth-order valence-electron chi connectivity index (χ4n) is 2.79. The van der Waals surface area contributed by atoms with Gasteiger partial charge in [0.2, 0.25) is 0 Å². The number of aryl methyl sites for hydroxylation is 2. The second kappa shape index (κ2) is 4.25. The molecule has 2 N–H and O–H groups in total. The van der Waals surface area contributed by atoms with E-state index < -0.39 is 0 Å². The van der Waals surface area contributed by atoms with Crippen molar-refractivity contribution in [1.82, 2.24) is 9.78 Å². The lowest BCUT2D eigenvalue weighted by Gasteiger charge is -2.21. The molecule has 0 saturated heterocycles. The zero-order chi connectivity index (χ0) is 12.7. The van der Waals surface area contributed by atoms with E-state index in [1.807, 2.05) is 4.68 Å². The van der Waals surface area contributed by atoms with Crippen molar-refractivity contribution in [2.75, 3.05) is 0 Å². The molecule has 1 aliphatic carbocycles. The summed E-state index contributed by atoms with van der Waals surface area (Å²) in [6, 6.07) is 8.59. The fraction of sp³-hybridized carbons (Fsp3) is 0.400. The Kier molecular flexibility index (Phi) is 2.71. The highest BCUT2D eigenvalue weighted by Crippen LogP contribution is 2.31. The van der Waals surface area contributed by atoms with Crippen LogP contribution < -0.4 is 5.73 Å². The van der Waals surface area contributed by atoms with Gasteiger partial charge < -0.3 is 5.73 Å². The number of benzene rings is 1.